The Morgan fingerprint density at radius 1 is 1.30 bits per heavy atom. The van der Waals surface area contributed by atoms with E-state index in [1.807, 2.05) is 0 Å². The van der Waals surface area contributed by atoms with Crippen molar-refractivity contribution >= 4 is 5.91 Å². The van der Waals surface area contributed by atoms with Crippen LogP contribution in [0.15, 0.2) is 18.2 Å². The van der Waals surface area contributed by atoms with Gasteiger partial charge in [-0.1, -0.05) is 13.8 Å². The van der Waals surface area contributed by atoms with Gasteiger partial charge in [-0.2, -0.15) is 0 Å². The molecule has 112 valence electrons. The Hall–Kier alpha value is -1.75. The highest BCUT2D eigenvalue weighted by atomic mass is 16.5. The summed E-state index contributed by atoms with van der Waals surface area (Å²) in [4.78, 5) is 12.2. The van der Waals surface area contributed by atoms with Crippen molar-refractivity contribution in [1.82, 2.24) is 5.32 Å². The molecule has 1 atom stereocenters. The second-order valence-corrected chi connectivity index (χ2v) is 5.17. The third-order valence-corrected chi connectivity index (χ3v) is 2.95. The van der Waals surface area contributed by atoms with Gasteiger partial charge in [-0.15, -0.1) is 0 Å². The van der Waals surface area contributed by atoms with Gasteiger partial charge >= 0.3 is 0 Å². The van der Waals surface area contributed by atoms with Crippen molar-refractivity contribution in [1.29, 1.82) is 0 Å². The zero-order valence-corrected chi connectivity index (χ0v) is 12.6. The fourth-order valence-electron chi connectivity index (χ4n) is 2.00. The molecule has 5 heteroatoms. The summed E-state index contributed by atoms with van der Waals surface area (Å²) >= 11 is 0. The van der Waals surface area contributed by atoms with E-state index in [1.165, 1.54) is 7.11 Å². The molecule has 5 nitrogen and oxygen atoms in total. The molecule has 0 heterocycles. The van der Waals surface area contributed by atoms with E-state index < -0.39 is 0 Å². The molecule has 0 radical (unpaired) electrons. The van der Waals surface area contributed by atoms with E-state index in [9.17, 15) is 4.79 Å². The standard InChI is InChI=1S/C15H24N2O3/c1-10(2)7-11(16)9-17-15(18)13-8-12(19-3)5-6-14(13)20-4/h5-6,8,10-11H,7,9,16H2,1-4H3,(H,17,18). The molecular weight excluding hydrogens is 256 g/mol. The zero-order chi connectivity index (χ0) is 15.1. The highest BCUT2D eigenvalue weighted by molar-refractivity contribution is 5.97. The molecule has 0 fully saturated rings. The van der Waals surface area contributed by atoms with E-state index in [1.54, 1.807) is 25.3 Å². The van der Waals surface area contributed by atoms with E-state index in [4.69, 9.17) is 15.2 Å². The lowest BCUT2D eigenvalue weighted by Crippen LogP contribution is -2.38. The summed E-state index contributed by atoms with van der Waals surface area (Å²) in [6, 6.07) is 5.07. The van der Waals surface area contributed by atoms with Gasteiger partial charge in [0, 0.05) is 12.6 Å². The van der Waals surface area contributed by atoms with E-state index in [2.05, 4.69) is 19.2 Å². The first kappa shape index (κ1) is 16.3. The Bertz CT molecular complexity index is 447. The van der Waals surface area contributed by atoms with Crippen LogP contribution in [0.25, 0.3) is 0 Å². The van der Waals surface area contributed by atoms with Crippen molar-refractivity contribution < 1.29 is 14.3 Å². The molecule has 0 aromatic heterocycles. The number of benzene rings is 1. The predicted molar refractivity (Wildman–Crippen MR) is 79.3 cm³/mol. The summed E-state index contributed by atoms with van der Waals surface area (Å²) in [6.07, 6.45) is 0.871. The van der Waals surface area contributed by atoms with Gasteiger partial charge in [-0.05, 0) is 30.5 Å². The number of amides is 1. The topological polar surface area (TPSA) is 73.6 Å². The molecule has 1 amide bonds. The van der Waals surface area contributed by atoms with Gasteiger partial charge < -0.3 is 20.5 Å². The molecule has 0 aliphatic rings. The minimum Gasteiger partial charge on any atom is -0.497 e. The SMILES string of the molecule is COc1ccc(OC)c(C(=O)NCC(N)CC(C)C)c1. The lowest BCUT2D eigenvalue weighted by Gasteiger charge is -2.16. The first-order chi connectivity index (χ1) is 9.47. The van der Waals surface area contributed by atoms with Gasteiger partial charge in [0.15, 0.2) is 0 Å². The fourth-order valence-corrected chi connectivity index (χ4v) is 2.00. The highest BCUT2D eigenvalue weighted by Gasteiger charge is 2.14. The summed E-state index contributed by atoms with van der Waals surface area (Å²) in [5.41, 5.74) is 6.40. The quantitative estimate of drug-likeness (QED) is 0.799. The monoisotopic (exact) mass is 280 g/mol. The Kier molecular flexibility index (Phi) is 6.31. The predicted octanol–water partition coefficient (Wildman–Crippen LogP) is 1.81. The van der Waals surface area contributed by atoms with Crippen molar-refractivity contribution in [2.75, 3.05) is 20.8 Å². The molecule has 1 unspecified atom stereocenters. The fraction of sp³-hybridized carbons (Fsp3) is 0.533. The summed E-state index contributed by atoms with van der Waals surface area (Å²) in [5.74, 6) is 1.43. The summed E-state index contributed by atoms with van der Waals surface area (Å²) in [7, 11) is 3.09. The molecule has 0 saturated carbocycles. The Morgan fingerprint density at radius 3 is 2.55 bits per heavy atom. The van der Waals surface area contributed by atoms with E-state index in [0.29, 0.717) is 29.5 Å². The first-order valence-corrected chi connectivity index (χ1v) is 6.73. The molecular formula is C15H24N2O3. The van der Waals surface area contributed by atoms with Crippen LogP contribution in [0.5, 0.6) is 11.5 Å². The van der Waals surface area contributed by atoms with Crippen molar-refractivity contribution in [2.24, 2.45) is 11.7 Å². The normalized spacial score (nSPS) is 12.1. The van der Waals surface area contributed by atoms with Gasteiger partial charge in [0.05, 0.1) is 19.8 Å². The number of nitrogens with two attached hydrogens (primary N) is 1. The van der Waals surface area contributed by atoms with E-state index in [-0.39, 0.29) is 11.9 Å². The van der Waals surface area contributed by atoms with Crippen LogP contribution in [0.1, 0.15) is 30.6 Å². The van der Waals surface area contributed by atoms with Crippen molar-refractivity contribution in [3.05, 3.63) is 23.8 Å². The third kappa shape index (κ3) is 4.74. The van der Waals surface area contributed by atoms with Crippen LogP contribution >= 0.6 is 0 Å². The Labute approximate surface area is 120 Å². The summed E-state index contributed by atoms with van der Waals surface area (Å²) < 4.78 is 10.3. The maximum absolute atomic E-state index is 12.2. The average Bonchev–Trinajstić information content (AvgIpc) is 2.43. The smallest absolute Gasteiger partial charge is 0.255 e. The second-order valence-electron chi connectivity index (χ2n) is 5.17. The van der Waals surface area contributed by atoms with Crippen LogP contribution < -0.4 is 20.5 Å². The lowest BCUT2D eigenvalue weighted by atomic mass is 10.0. The van der Waals surface area contributed by atoms with Gasteiger partial charge in [-0.3, -0.25) is 4.79 Å². The summed E-state index contributed by atoms with van der Waals surface area (Å²) in [6.45, 7) is 4.65. The number of rotatable bonds is 7. The molecule has 20 heavy (non-hydrogen) atoms. The number of methoxy groups -OCH3 is 2. The maximum atomic E-state index is 12.2. The maximum Gasteiger partial charge on any atom is 0.255 e. The van der Waals surface area contributed by atoms with E-state index >= 15 is 0 Å². The van der Waals surface area contributed by atoms with Gasteiger partial charge in [0.25, 0.3) is 5.91 Å². The molecule has 1 aromatic carbocycles. The van der Waals surface area contributed by atoms with E-state index in [0.717, 1.165) is 6.42 Å². The number of ether oxygens (including phenoxy) is 2. The minimum atomic E-state index is -0.208. The Balaban J connectivity index is 2.71. The van der Waals surface area contributed by atoms with Crippen molar-refractivity contribution in [3.8, 4) is 11.5 Å². The van der Waals surface area contributed by atoms with Crippen LogP contribution in [0.4, 0.5) is 0 Å². The number of nitrogens with one attached hydrogen (secondary N) is 1. The van der Waals surface area contributed by atoms with Crippen LogP contribution in [0, 0.1) is 5.92 Å². The van der Waals surface area contributed by atoms with Gasteiger partial charge in [0.1, 0.15) is 11.5 Å². The van der Waals surface area contributed by atoms with Gasteiger partial charge in [-0.25, -0.2) is 0 Å². The third-order valence-electron chi connectivity index (χ3n) is 2.95. The minimum absolute atomic E-state index is 0.0458. The van der Waals surface area contributed by atoms with Crippen LogP contribution in [0.3, 0.4) is 0 Å². The molecule has 0 bridgehead atoms. The van der Waals surface area contributed by atoms with Crippen molar-refractivity contribution in [3.63, 3.8) is 0 Å². The molecule has 1 rings (SSSR count). The average molecular weight is 280 g/mol. The lowest BCUT2D eigenvalue weighted by molar-refractivity contribution is 0.0946. The van der Waals surface area contributed by atoms with Crippen LogP contribution in [-0.4, -0.2) is 32.7 Å². The molecule has 0 aliphatic carbocycles. The van der Waals surface area contributed by atoms with Gasteiger partial charge in [0.2, 0.25) is 0 Å². The molecule has 3 N–H and O–H groups in total. The zero-order valence-electron chi connectivity index (χ0n) is 12.6. The largest absolute Gasteiger partial charge is 0.497 e. The molecule has 0 spiro atoms. The second kappa shape index (κ2) is 7.75. The highest BCUT2D eigenvalue weighted by Crippen LogP contribution is 2.23. The van der Waals surface area contributed by atoms with Crippen LogP contribution in [0.2, 0.25) is 0 Å². The summed E-state index contributed by atoms with van der Waals surface area (Å²) in [5, 5.41) is 2.83. The molecule has 0 aliphatic heterocycles. The number of hydrogen-bond acceptors (Lipinski definition) is 4. The molecule has 1 aromatic rings. The first-order valence-electron chi connectivity index (χ1n) is 6.73. The van der Waals surface area contributed by atoms with Crippen LogP contribution in [-0.2, 0) is 0 Å². The number of carbonyl (C=O) groups is 1. The van der Waals surface area contributed by atoms with Crippen molar-refractivity contribution in [2.45, 2.75) is 26.3 Å². The molecule has 0 saturated heterocycles. The number of hydrogen-bond donors (Lipinski definition) is 2. The Morgan fingerprint density at radius 2 is 2.00 bits per heavy atom. The number of carbonyl (C=O) groups excluding carboxylic acids is 1.